The topological polar surface area (TPSA) is 49.8 Å². The Balaban J connectivity index is 2.47. The van der Waals surface area contributed by atoms with E-state index in [1.54, 1.807) is 20.9 Å². The third kappa shape index (κ3) is 5.55. The highest BCUT2D eigenvalue weighted by molar-refractivity contribution is 5.77. The third-order valence-electron chi connectivity index (χ3n) is 2.98. The number of likely N-dealkylation sites (N-methyl/N-ethyl adjacent to an activating group) is 1. The zero-order valence-corrected chi connectivity index (χ0v) is 12.7. The van der Waals surface area contributed by atoms with Crippen LogP contribution in [0.25, 0.3) is 0 Å². The van der Waals surface area contributed by atoms with Crippen LogP contribution in [-0.4, -0.2) is 42.2 Å². The van der Waals surface area contributed by atoms with Gasteiger partial charge in [-0.2, -0.15) is 13.2 Å². The van der Waals surface area contributed by atoms with Crippen molar-refractivity contribution in [3.8, 4) is 5.75 Å². The fraction of sp³-hybridized carbons (Fsp3) is 0.533. The smallest absolute Gasteiger partial charge is 0.416 e. The molecule has 1 amide bonds. The second-order valence-corrected chi connectivity index (χ2v) is 5.36. The molecule has 0 aliphatic carbocycles. The minimum atomic E-state index is -4.39. The summed E-state index contributed by atoms with van der Waals surface area (Å²) in [5.41, 5.74) is -0.761. The van der Waals surface area contributed by atoms with Gasteiger partial charge in [-0.05, 0) is 24.3 Å². The van der Waals surface area contributed by atoms with Crippen LogP contribution in [0.15, 0.2) is 24.3 Å². The average Bonchev–Trinajstić information content (AvgIpc) is 2.43. The van der Waals surface area contributed by atoms with Gasteiger partial charge in [0.2, 0.25) is 5.91 Å². The first-order valence-corrected chi connectivity index (χ1v) is 6.84. The normalized spacial score (nSPS) is 13.1. The molecule has 22 heavy (non-hydrogen) atoms. The van der Waals surface area contributed by atoms with E-state index in [0.29, 0.717) is 0 Å². The van der Waals surface area contributed by atoms with Crippen molar-refractivity contribution in [2.45, 2.75) is 26.1 Å². The van der Waals surface area contributed by atoms with E-state index < -0.39 is 17.8 Å². The van der Waals surface area contributed by atoms with Crippen molar-refractivity contribution in [3.63, 3.8) is 0 Å². The molecule has 7 heteroatoms. The van der Waals surface area contributed by atoms with Gasteiger partial charge in [-0.3, -0.25) is 4.79 Å². The lowest BCUT2D eigenvalue weighted by Gasteiger charge is -2.22. The molecule has 1 N–H and O–H groups in total. The van der Waals surface area contributed by atoms with Gasteiger partial charge in [-0.15, -0.1) is 0 Å². The standard InChI is InChI=1S/C15H20F3NO3/c1-10(2)14(21)19(3)8-12(20)9-22-13-6-4-11(5-7-13)15(16,17)18/h4-7,10,12,20H,8-9H2,1-3H3. The molecule has 4 nitrogen and oxygen atoms in total. The second kappa shape index (κ2) is 7.49. The van der Waals surface area contributed by atoms with Crippen molar-refractivity contribution in [3.05, 3.63) is 29.8 Å². The van der Waals surface area contributed by atoms with Crippen molar-refractivity contribution in [1.29, 1.82) is 0 Å². The molecule has 0 heterocycles. The van der Waals surface area contributed by atoms with Gasteiger partial charge in [0.25, 0.3) is 0 Å². The summed E-state index contributed by atoms with van der Waals surface area (Å²) in [5, 5.41) is 9.80. The van der Waals surface area contributed by atoms with Crippen molar-refractivity contribution < 1.29 is 27.8 Å². The van der Waals surface area contributed by atoms with Gasteiger partial charge in [-0.1, -0.05) is 13.8 Å². The van der Waals surface area contributed by atoms with E-state index in [0.717, 1.165) is 12.1 Å². The Hall–Kier alpha value is -1.76. The molecule has 0 fully saturated rings. The van der Waals surface area contributed by atoms with Crippen molar-refractivity contribution in [2.24, 2.45) is 5.92 Å². The molecule has 0 aliphatic rings. The molecule has 0 aromatic heterocycles. The van der Waals surface area contributed by atoms with Crippen LogP contribution in [0.2, 0.25) is 0 Å². The largest absolute Gasteiger partial charge is 0.491 e. The fourth-order valence-electron chi connectivity index (χ4n) is 1.83. The molecule has 0 bridgehead atoms. The van der Waals surface area contributed by atoms with E-state index >= 15 is 0 Å². The molecular weight excluding hydrogens is 299 g/mol. The molecule has 0 radical (unpaired) electrons. The van der Waals surface area contributed by atoms with E-state index in [4.69, 9.17) is 4.74 Å². The molecule has 1 atom stereocenters. The van der Waals surface area contributed by atoms with Crippen LogP contribution < -0.4 is 4.74 Å². The Morgan fingerprint density at radius 2 is 1.82 bits per heavy atom. The number of amides is 1. The first kappa shape index (κ1) is 18.3. The third-order valence-corrected chi connectivity index (χ3v) is 2.98. The maximum atomic E-state index is 12.4. The van der Waals surface area contributed by atoms with E-state index in [1.165, 1.54) is 17.0 Å². The summed E-state index contributed by atoms with van der Waals surface area (Å²) in [6.45, 7) is 3.49. The Bertz CT molecular complexity index is 486. The second-order valence-electron chi connectivity index (χ2n) is 5.36. The fourth-order valence-corrected chi connectivity index (χ4v) is 1.83. The van der Waals surface area contributed by atoms with Crippen molar-refractivity contribution >= 4 is 5.91 Å². The molecule has 124 valence electrons. The van der Waals surface area contributed by atoms with Crippen LogP contribution in [-0.2, 0) is 11.0 Å². The lowest BCUT2D eigenvalue weighted by atomic mass is 10.2. The number of carbonyl (C=O) groups is 1. The van der Waals surface area contributed by atoms with Crippen molar-refractivity contribution in [1.82, 2.24) is 4.90 Å². The maximum absolute atomic E-state index is 12.4. The molecule has 0 aliphatic heterocycles. The lowest BCUT2D eigenvalue weighted by molar-refractivity contribution is -0.137. The predicted molar refractivity (Wildman–Crippen MR) is 75.4 cm³/mol. The minimum absolute atomic E-state index is 0.0949. The summed E-state index contributed by atoms with van der Waals surface area (Å²) in [7, 11) is 1.57. The number of halogens is 3. The van der Waals surface area contributed by atoms with E-state index in [9.17, 15) is 23.1 Å². The van der Waals surface area contributed by atoms with Gasteiger partial charge in [0, 0.05) is 19.5 Å². The molecule has 0 saturated heterocycles. The Kier molecular flexibility index (Phi) is 6.22. The molecule has 1 rings (SSSR count). The van der Waals surface area contributed by atoms with Crippen LogP contribution in [0.1, 0.15) is 19.4 Å². The molecule has 1 aromatic carbocycles. The van der Waals surface area contributed by atoms with Crippen molar-refractivity contribution in [2.75, 3.05) is 20.2 Å². The summed E-state index contributed by atoms with van der Waals surface area (Å²) >= 11 is 0. The summed E-state index contributed by atoms with van der Waals surface area (Å²) in [6, 6.07) is 4.21. The predicted octanol–water partition coefficient (Wildman–Crippen LogP) is 2.56. The summed E-state index contributed by atoms with van der Waals surface area (Å²) < 4.78 is 42.4. The number of alkyl halides is 3. The Labute approximate surface area is 127 Å². The lowest BCUT2D eigenvalue weighted by Crippen LogP contribution is -2.38. The molecule has 1 aromatic rings. The van der Waals surface area contributed by atoms with Gasteiger partial charge < -0.3 is 14.7 Å². The Morgan fingerprint density at radius 1 is 1.27 bits per heavy atom. The van der Waals surface area contributed by atoms with Crippen LogP contribution in [0.4, 0.5) is 13.2 Å². The number of aliphatic hydroxyl groups excluding tert-OH is 1. The van der Waals surface area contributed by atoms with Crippen LogP contribution in [0, 0.1) is 5.92 Å². The highest BCUT2D eigenvalue weighted by Gasteiger charge is 2.30. The molecule has 1 unspecified atom stereocenters. The first-order chi connectivity index (χ1) is 10.1. The number of nitrogens with zero attached hydrogens (tertiary/aromatic N) is 1. The number of ether oxygens (including phenoxy) is 1. The van der Waals surface area contributed by atoms with Gasteiger partial charge in [0.05, 0.1) is 5.56 Å². The number of hydrogen-bond acceptors (Lipinski definition) is 3. The zero-order valence-electron chi connectivity index (χ0n) is 12.7. The summed E-state index contributed by atoms with van der Waals surface area (Å²) in [6.07, 6.45) is -5.31. The molecular formula is C15H20F3NO3. The summed E-state index contributed by atoms with van der Waals surface area (Å²) in [4.78, 5) is 13.0. The van der Waals surface area contributed by atoms with Crippen LogP contribution >= 0.6 is 0 Å². The summed E-state index contributed by atoms with van der Waals surface area (Å²) in [5.74, 6) is -0.0495. The monoisotopic (exact) mass is 319 g/mol. The number of hydrogen-bond donors (Lipinski definition) is 1. The van der Waals surface area contributed by atoms with Gasteiger partial charge >= 0.3 is 6.18 Å². The van der Waals surface area contributed by atoms with Gasteiger partial charge in [-0.25, -0.2) is 0 Å². The first-order valence-electron chi connectivity index (χ1n) is 6.84. The number of aliphatic hydroxyl groups is 1. The number of carbonyl (C=O) groups excluding carboxylic acids is 1. The molecule has 0 saturated carbocycles. The minimum Gasteiger partial charge on any atom is -0.491 e. The van der Waals surface area contributed by atoms with E-state index in [2.05, 4.69) is 0 Å². The van der Waals surface area contributed by atoms with Gasteiger partial charge in [0.15, 0.2) is 0 Å². The van der Waals surface area contributed by atoms with E-state index in [-0.39, 0.29) is 30.7 Å². The average molecular weight is 319 g/mol. The maximum Gasteiger partial charge on any atom is 0.416 e. The Morgan fingerprint density at radius 3 is 2.27 bits per heavy atom. The van der Waals surface area contributed by atoms with E-state index in [1.807, 2.05) is 0 Å². The SMILES string of the molecule is CC(C)C(=O)N(C)CC(O)COc1ccc(C(F)(F)F)cc1. The zero-order chi connectivity index (χ0) is 16.9. The van der Waals surface area contributed by atoms with Crippen LogP contribution in [0.3, 0.4) is 0 Å². The van der Waals surface area contributed by atoms with Crippen LogP contribution in [0.5, 0.6) is 5.75 Å². The number of rotatable bonds is 6. The molecule has 0 spiro atoms. The highest BCUT2D eigenvalue weighted by atomic mass is 19.4. The van der Waals surface area contributed by atoms with Gasteiger partial charge in [0.1, 0.15) is 18.5 Å². The number of benzene rings is 1. The highest BCUT2D eigenvalue weighted by Crippen LogP contribution is 2.30. The quantitative estimate of drug-likeness (QED) is 0.877.